The summed E-state index contributed by atoms with van der Waals surface area (Å²) in [7, 11) is 1.62. The van der Waals surface area contributed by atoms with E-state index < -0.39 is 0 Å². The fraction of sp³-hybridized carbons (Fsp3) is 0.435. The average molecular weight is 471 g/mol. The first-order chi connectivity index (χ1) is 14.6. The van der Waals surface area contributed by atoms with Crippen LogP contribution in [0.25, 0.3) is 11.0 Å². The van der Waals surface area contributed by atoms with Crippen LogP contribution in [0.4, 0.5) is 0 Å². The topological polar surface area (TPSA) is 60.2 Å². The highest BCUT2D eigenvalue weighted by molar-refractivity contribution is 9.10. The summed E-state index contributed by atoms with van der Waals surface area (Å²) in [6, 6.07) is 7.44. The van der Waals surface area contributed by atoms with Gasteiger partial charge in [-0.3, -0.25) is 14.8 Å². The molecule has 3 aromatic heterocycles. The summed E-state index contributed by atoms with van der Waals surface area (Å²) in [5.74, 6) is 1.43. The van der Waals surface area contributed by atoms with Gasteiger partial charge in [-0.2, -0.15) is 0 Å². The Kier molecular flexibility index (Phi) is 6.79. The standard InChI is InChI=1S/C23H27BrN4O2/c1-30-20-13-22-21(26-16-20)4-5-23(29)28(22)11-10-27-8-6-17(7-9-27)2-3-18-12-19(24)15-25-14-18/h4-5,12-17H,2-3,6-11H2,1H3. The number of halogens is 1. The van der Waals surface area contributed by atoms with Crippen LogP contribution in [-0.4, -0.2) is 46.2 Å². The van der Waals surface area contributed by atoms with Gasteiger partial charge in [0, 0.05) is 42.1 Å². The number of fused-ring (bicyclic) bond motifs is 1. The molecule has 0 atom stereocenters. The third-order valence-corrected chi connectivity index (χ3v) is 6.43. The Morgan fingerprint density at radius 3 is 2.73 bits per heavy atom. The Morgan fingerprint density at radius 2 is 1.97 bits per heavy atom. The normalized spacial score (nSPS) is 15.5. The number of likely N-dealkylation sites (tertiary alicyclic amines) is 1. The van der Waals surface area contributed by atoms with E-state index in [1.807, 2.05) is 23.0 Å². The van der Waals surface area contributed by atoms with Crippen LogP contribution in [0.3, 0.4) is 0 Å². The smallest absolute Gasteiger partial charge is 0.251 e. The number of piperidine rings is 1. The molecule has 0 bridgehead atoms. The second kappa shape index (κ2) is 9.71. The highest BCUT2D eigenvalue weighted by Gasteiger charge is 2.19. The summed E-state index contributed by atoms with van der Waals surface area (Å²) < 4.78 is 8.15. The van der Waals surface area contributed by atoms with Gasteiger partial charge in [0.05, 0.1) is 24.3 Å². The van der Waals surface area contributed by atoms with Gasteiger partial charge < -0.3 is 14.2 Å². The predicted molar refractivity (Wildman–Crippen MR) is 122 cm³/mol. The van der Waals surface area contributed by atoms with Gasteiger partial charge in [0.2, 0.25) is 0 Å². The summed E-state index contributed by atoms with van der Waals surface area (Å²) in [5.41, 5.74) is 2.96. The first-order valence-corrected chi connectivity index (χ1v) is 11.3. The van der Waals surface area contributed by atoms with Crippen molar-refractivity contribution in [2.45, 2.75) is 32.2 Å². The molecule has 3 aromatic rings. The summed E-state index contributed by atoms with van der Waals surface area (Å²) >= 11 is 3.50. The number of hydrogen-bond donors (Lipinski definition) is 0. The lowest BCUT2D eigenvalue weighted by molar-refractivity contribution is 0.174. The predicted octanol–water partition coefficient (Wildman–Crippen LogP) is 3.91. The van der Waals surface area contributed by atoms with Gasteiger partial charge >= 0.3 is 0 Å². The second-order valence-electron chi connectivity index (χ2n) is 7.94. The van der Waals surface area contributed by atoms with E-state index in [1.54, 1.807) is 25.4 Å². The first kappa shape index (κ1) is 21.0. The van der Waals surface area contributed by atoms with Crippen LogP contribution in [0.5, 0.6) is 5.75 Å². The molecule has 158 valence electrons. The monoisotopic (exact) mass is 470 g/mol. The van der Waals surface area contributed by atoms with Gasteiger partial charge in [0.1, 0.15) is 5.75 Å². The molecule has 0 saturated carbocycles. The lowest BCUT2D eigenvalue weighted by Crippen LogP contribution is -2.37. The number of ether oxygens (including phenoxy) is 1. The molecule has 0 unspecified atom stereocenters. The van der Waals surface area contributed by atoms with Crippen molar-refractivity contribution in [1.82, 2.24) is 19.4 Å². The van der Waals surface area contributed by atoms with Crippen molar-refractivity contribution in [1.29, 1.82) is 0 Å². The van der Waals surface area contributed by atoms with Crippen LogP contribution in [0.15, 0.2) is 52.1 Å². The van der Waals surface area contributed by atoms with E-state index in [4.69, 9.17) is 4.74 Å². The van der Waals surface area contributed by atoms with Crippen LogP contribution in [-0.2, 0) is 13.0 Å². The van der Waals surface area contributed by atoms with E-state index in [0.717, 1.165) is 47.5 Å². The molecule has 0 amide bonds. The molecule has 0 N–H and O–H groups in total. The van der Waals surface area contributed by atoms with Crippen molar-refractivity contribution < 1.29 is 4.74 Å². The minimum Gasteiger partial charge on any atom is -0.495 e. The van der Waals surface area contributed by atoms with Crippen molar-refractivity contribution in [3.05, 3.63) is 63.2 Å². The van der Waals surface area contributed by atoms with Gasteiger partial charge in [0.25, 0.3) is 5.56 Å². The van der Waals surface area contributed by atoms with E-state index in [2.05, 4.69) is 36.9 Å². The number of aryl methyl sites for hydroxylation is 1. The number of hydrogen-bond acceptors (Lipinski definition) is 5. The Hall–Kier alpha value is -2.25. The van der Waals surface area contributed by atoms with E-state index in [1.165, 1.54) is 24.8 Å². The van der Waals surface area contributed by atoms with Crippen LogP contribution in [0, 0.1) is 5.92 Å². The quantitative estimate of drug-likeness (QED) is 0.523. The number of methoxy groups -OCH3 is 1. The molecular weight excluding hydrogens is 444 g/mol. The molecule has 1 fully saturated rings. The fourth-order valence-corrected chi connectivity index (χ4v) is 4.61. The molecule has 30 heavy (non-hydrogen) atoms. The molecule has 0 aromatic carbocycles. The van der Waals surface area contributed by atoms with Crippen LogP contribution in [0.2, 0.25) is 0 Å². The first-order valence-electron chi connectivity index (χ1n) is 10.5. The van der Waals surface area contributed by atoms with Gasteiger partial charge in [0.15, 0.2) is 0 Å². The van der Waals surface area contributed by atoms with Crippen molar-refractivity contribution in [3.8, 4) is 5.75 Å². The Balaban J connectivity index is 1.32. The SMILES string of the molecule is COc1cnc2ccc(=O)n(CCN3CCC(CCc4cncc(Br)c4)CC3)c2c1. The Labute approximate surface area is 185 Å². The molecule has 4 heterocycles. The molecule has 0 spiro atoms. The lowest BCUT2D eigenvalue weighted by atomic mass is 9.91. The maximum atomic E-state index is 12.5. The fourth-order valence-electron chi connectivity index (χ4n) is 4.19. The molecule has 1 aliphatic heterocycles. The zero-order valence-electron chi connectivity index (χ0n) is 17.3. The van der Waals surface area contributed by atoms with E-state index in [9.17, 15) is 4.79 Å². The van der Waals surface area contributed by atoms with E-state index in [-0.39, 0.29) is 5.56 Å². The molecule has 4 rings (SSSR count). The van der Waals surface area contributed by atoms with Crippen molar-refractivity contribution >= 4 is 27.0 Å². The number of rotatable bonds is 7. The summed E-state index contributed by atoms with van der Waals surface area (Å²) in [6.07, 6.45) is 10.2. The molecule has 0 aliphatic carbocycles. The highest BCUT2D eigenvalue weighted by atomic mass is 79.9. The maximum absolute atomic E-state index is 12.5. The van der Waals surface area contributed by atoms with E-state index >= 15 is 0 Å². The van der Waals surface area contributed by atoms with Gasteiger partial charge in [-0.1, -0.05) is 0 Å². The minimum absolute atomic E-state index is 0.00932. The van der Waals surface area contributed by atoms with Crippen LogP contribution >= 0.6 is 15.9 Å². The molecule has 7 heteroatoms. The average Bonchev–Trinajstić information content (AvgIpc) is 2.77. The van der Waals surface area contributed by atoms with Crippen LogP contribution in [0.1, 0.15) is 24.8 Å². The van der Waals surface area contributed by atoms with Crippen molar-refractivity contribution in [3.63, 3.8) is 0 Å². The number of aromatic nitrogens is 3. The molecule has 0 radical (unpaired) electrons. The van der Waals surface area contributed by atoms with Crippen molar-refractivity contribution in [2.75, 3.05) is 26.7 Å². The zero-order chi connectivity index (χ0) is 20.9. The van der Waals surface area contributed by atoms with E-state index in [0.29, 0.717) is 12.3 Å². The van der Waals surface area contributed by atoms with Crippen LogP contribution < -0.4 is 10.3 Å². The Morgan fingerprint density at radius 1 is 1.13 bits per heavy atom. The number of pyridine rings is 3. The largest absolute Gasteiger partial charge is 0.495 e. The Bertz CT molecular complexity index is 1060. The lowest BCUT2D eigenvalue weighted by Gasteiger charge is -2.32. The summed E-state index contributed by atoms with van der Waals surface area (Å²) in [5, 5.41) is 0. The molecule has 6 nitrogen and oxygen atoms in total. The molecular formula is C23H27BrN4O2. The van der Waals surface area contributed by atoms with Crippen molar-refractivity contribution in [2.24, 2.45) is 5.92 Å². The van der Waals surface area contributed by atoms with Gasteiger partial charge in [-0.05, 0) is 78.3 Å². The molecule has 1 aliphatic rings. The molecule has 1 saturated heterocycles. The van der Waals surface area contributed by atoms with Gasteiger partial charge in [-0.15, -0.1) is 0 Å². The summed E-state index contributed by atoms with van der Waals surface area (Å²) in [4.78, 5) is 23.6. The number of nitrogens with zero attached hydrogens (tertiary/aromatic N) is 4. The third kappa shape index (κ3) is 5.08. The third-order valence-electron chi connectivity index (χ3n) is 6.00. The maximum Gasteiger partial charge on any atom is 0.251 e. The zero-order valence-corrected chi connectivity index (χ0v) is 18.8. The summed E-state index contributed by atoms with van der Waals surface area (Å²) in [6.45, 7) is 3.71. The minimum atomic E-state index is 0.00932. The second-order valence-corrected chi connectivity index (χ2v) is 8.85. The highest BCUT2D eigenvalue weighted by Crippen LogP contribution is 2.23. The van der Waals surface area contributed by atoms with Gasteiger partial charge in [-0.25, -0.2) is 0 Å².